The van der Waals surface area contributed by atoms with Gasteiger partial charge in [0, 0.05) is 27.5 Å². The second-order valence-electron chi connectivity index (χ2n) is 14.7. The highest BCUT2D eigenvalue weighted by Crippen LogP contribution is 2.63. The van der Waals surface area contributed by atoms with Gasteiger partial charge in [0.1, 0.15) is 11.2 Å². The molecule has 1 spiro atoms. The maximum absolute atomic E-state index is 6.64. The molecule has 0 radical (unpaired) electrons. The van der Waals surface area contributed by atoms with Crippen molar-refractivity contribution in [3.05, 3.63) is 210 Å². The summed E-state index contributed by atoms with van der Waals surface area (Å²) in [4.78, 5) is 15.2. The molecule has 0 fully saturated rings. The molecule has 2 aliphatic rings. The zero-order valence-electron chi connectivity index (χ0n) is 30.1. The molecular weight excluding hydrogens is 683 g/mol. The van der Waals surface area contributed by atoms with Gasteiger partial charge in [-0.15, -0.1) is 0 Å². The quantitative estimate of drug-likeness (QED) is 0.182. The number of furan rings is 1. The zero-order valence-corrected chi connectivity index (χ0v) is 30.1. The van der Waals surface area contributed by atoms with E-state index in [4.69, 9.17) is 19.4 Å². The molecule has 0 saturated carbocycles. The minimum atomic E-state index is -0.399. The summed E-state index contributed by atoms with van der Waals surface area (Å²) in [5.41, 5.74) is 16.5. The third kappa shape index (κ3) is 4.32. The number of hydrogen-bond acceptors (Lipinski definition) is 4. The molecule has 0 amide bonds. The lowest BCUT2D eigenvalue weighted by atomic mass is 9.70. The van der Waals surface area contributed by atoms with E-state index in [1.54, 1.807) is 0 Å². The van der Waals surface area contributed by atoms with Crippen LogP contribution in [-0.4, -0.2) is 15.0 Å². The molecule has 2 aliphatic carbocycles. The lowest BCUT2D eigenvalue weighted by Crippen LogP contribution is -2.25. The molecule has 56 heavy (non-hydrogen) atoms. The Balaban J connectivity index is 1.12. The van der Waals surface area contributed by atoms with Crippen LogP contribution in [0.1, 0.15) is 22.3 Å². The maximum atomic E-state index is 6.64. The summed E-state index contributed by atoms with van der Waals surface area (Å²) >= 11 is 0. The number of hydrogen-bond donors (Lipinski definition) is 0. The van der Waals surface area contributed by atoms with Crippen LogP contribution in [0.15, 0.2) is 192 Å². The van der Waals surface area contributed by atoms with E-state index in [2.05, 4.69) is 115 Å². The van der Waals surface area contributed by atoms with Crippen molar-refractivity contribution in [2.45, 2.75) is 5.41 Å². The number of rotatable bonds is 4. The predicted octanol–water partition coefficient (Wildman–Crippen LogP) is 12.8. The fourth-order valence-electron chi connectivity index (χ4n) is 9.42. The molecule has 260 valence electrons. The average Bonchev–Trinajstić information content (AvgIpc) is 3.90. The second kappa shape index (κ2) is 11.8. The van der Waals surface area contributed by atoms with Crippen molar-refractivity contribution < 1.29 is 4.42 Å². The van der Waals surface area contributed by atoms with Gasteiger partial charge in [-0.3, -0.25) is 0 Å². The molecule has 0 unspecified atom stereocenters. The Morgan fingerprint density at radius 3 is 1.39 bits per heavy atom. The Morgan fingerprint density at radius 1 is 0.321 bits per heavy atom. The van der Waals surface area contributed by atoms with E-state index in [1.807, 2.05) is 72.8 Å². The lowest BCUT2D eigenvalue weighted by Gasteiger charge is -2.30. The van der Waals surface area contributed by atoms with Gasteiger partial charge in [-0.25, -0.2) is 15.0 Å². The SMILES string of the molecule is c1ccc(-c2nc(-c3ccccc3)nc(-c3cc(-c4ccc5c(c4)-c4ccccc4C54c5ccccc5-c5ccccc54)c4c(c3)oc3ccccc34)n2)cc1. The summed E-state index contributed by atoms with van der Waals surface area (Å²) < 4.78 is 6.64. The van der Waals surface area contributed by atoms with Gasteiger partial charge in [-0.05, 0) is 79.9 Å². The largest absolute Gasteiger partial charge is 0.456 e. The van der Waals surface area contributed by atoms with Crippen molar-refractivity contribution in [1.29, 1.82) is 0 Å². The van der Waals surface area contributed by atoms with Crippen LogP contribution in [0, 0.1) is 0 Å². The summed E-state index contributed by atoms with van der Waals surface area (Å²) in [5.74, 6) is 1.83. The Labute approximate surface area is 323 Å². The molecular formula is C52H31N3O. The summed E-state index contributed by atoms with van der Waals surface area (Å²) in [7, 11) is 0. The zero-order chi connectivity index (χ0) is 36.8. The molecule has 0 saturated heterocycles. The van der Waals surface area contributed by atoms with Crippen LogP contribution >= 0.6 is 0 Å². The highest BCUT2D eigenvalue weighted by atomic mass is 16.3. The van der Waals surface area contributed by atoms with Gasteiger partial charge in [0.2, 0.25) is 0 Å². The molecule has 0 atom stereocenters. The minimum absolute atomic E-state index is 0.399. The normalized spacial score (nSPS) is 13.1. The van der Waals surface area contributed by atoms with Gasteiger partial charge >= 0.3 is 0 Å². The van der Waals surface area contributed by atoms with E-state index in [1.165, 1.54) is 44.5 Å². The van der Waals surface area contributed by atoms with Gasteiger partial charge in [0.05, 0.1) is 5.41 Å². The van der Waals surface area contributed by atoms with Crippen LogP contribution in [0.25, 0.3) is 89.5 Å². The first-order valence-electron chi connectivity index (χ1n) is 19.0. The monoisotopic (exact) mass is 713 g/mol. The molecule has 0 bridgehead atoms. The van der Waals surface area contributed by atoms with E-state index in [0.717, 1.165) is 49.8 Å². The molecule has 10 aromatic rings. The van der Waals surface area contributed by atoms with E-state index in [-0.39, 0.29) is 0 Å². The third-order valence-corrected chi connectivity index (χ3v) is 11.7. The highest BCUT2D eigenvalue weighted by molar-refractivity contribution is 6.14. The third-order valence-electron chi connectivity index (χ3n) is 11.7. The molecule has 4 heteroatoms. The Morgan fingerprint density at radius 2 is 0.786 bits per heavy atom. The Hall–Kier alpha value is -7.43. The van der Waals surface area contributed by atoms with Crippen molar-refractivity contribution >= 4 is 21.9 Å². The number of para-hydroxylation sites is 1. The molecule has 0 N–H and O–H groups in total. The topological polar surface area (TPSA) is 51.8 Å². The smallest absolute Gasteiger partial charge is 0.164 e. The van der Waals surface area contributed by atoms with Crippen molar-refractivity contribution in [1.82, 2.24) is 15.0 Å². The van der Waals surface area contributed by atoms with Gasteiger partial charge in [0.25, 0.3) is 0 Å². The average molecular weight is 714 g/mol. The predicted molar refractivity (Wildman–Crippen MR) is 225 cm³/mol. The Kier molecular flexibility index (Phi) is 6.52. The van der Waals surface area contributed by atoms with Gasteiger partial charge < -0.3 is 4.42 Å². The molecule has 8 aromatic carbocycles. The van der Waals surface area contributed by atoms with E-state index in [9.17, 15) is 0 Å². The molecule has 2 aromatic heterocycles. The minimum Gasteiger partial charge on any atom is -0.456 e. The first-order valence-corrected chi connectivity index (χ1v) is 19.0. The fraction of sp³-hybridized carbons (Fsp3) is 0.0192. The van der Waals surface area contributed by atoms with Crippen molar-refractivity contribution in [3.63, 3.8) is 0 Å². The van der Waals surface area contributed by atoms with Gasteiger partial charge in [-0.1, -0.05) is 164 Å². The van der Waals surface area contributed by atoms with Crippen molar-refractivity contribution in [2.75, 3.05) is 0 Å². The summed E-state index contributed by atoms with van der Waals surface area (Å²) in [5, 5.41) is 2.15. The van der Waals surface area contributed by atoms with Crippen LogP contribution in [-0.2, 0) is 5.41 Å². The van der Waals surface area contributed by atoms with E-state index >= 15 is 0 Å². The fourth-order valence-corrected chi connectivity index (χ4v) is 9.42. The Bertz CT molecular complexity index is 3100. The van der Waals surface area contributed by atoms with Crippen molar-refractivity contribution in [2.24, 2.45) is 0 Å². The molecule has 4 nitrogen and oxygen atoms in total. The summed E-state index contributed by atoms with van der Waals surface area (Å²) in [6, 6.07) is 66.7. The lowest BCUT2D eigenvalue weighted by molar-refractivity contribution is 0.669. The molecule has 12 rings (SSSR count). The first-order chi connectivity index (χ1) is 27.8. The van der Waals surface area contributed by atoms with Crippen molar-refractivity contribution in [3.8, 4) is 67.5 Å². The molecule has 2 heterocycles. The standard InChI is InChI=1S/C52H31N3O/c1-3-15-32(16-4-1)49-53-50(33-17-5-2-6-18-33)55-51(54-49)35-30-40(48-39-22-10-14-26-46(39)56-47(48)31-35)34-27-28-45-41(29-34)38-21-9-13-25-44(38)52(45)42-23-11-7-19-36(42)37-20-8-12-24-43(37)52/h1-31H. The van der Waals surface area contributed by atoms with E-state index in [0.29, 0.717) is 17.5 Å². The van der Waals surface area contributed by atoms with Crippen LogP contribution in [0.5, 0.6) is 0 Å². The maximum Gasteiger partial charge on any atom is 0.164 e. The number of aromatic nitrogens is 3. The van der Waals surface area contributed by atoms with Crippen LogP contribution in [0.4, 0.5) is 0 Å². The number of nitrogens with zero attached hydrogens (tertiary/aromatic N) is 3. The van der Waals surface area contributed by atoms with Crippen LogP contribution in [0.2, 0.25) is 0 Å². The molecule has 0 aliphatic heterocycles. The summed E-state index contributed by atoms with van der Waals surface area (Å²) in [6.45, 7) is 0. The number of benzene rings is 8. The van der Waals surface area contributed by atoms with Crippen LogP contribution in [0.3, 0.4) is 0 Å². The van der Waals surface area contributed by atoms with E-state index < -0.39 is 5.41 Å². The van der Waals surface area contributed by atoms with Crippen LogP contribution < -0.4 is 0 Å². The second-order valence-corrected chi connectivity index (χ2v) is 14.7. The summed E-state index contributed by atoms with van der Waals surface area (Å²) in [6.07, 6.45) is 0. The van der Waals surface area contributed by atoms with Gasteiger partial charge in [-0.2, -0.15) is 0 Å². The highest BCUT2D eigenvalue weighted by Gasteiger charge is 2.51. The first kappa shape index (κ1) is 31.0. The van der Waals surface area contributed by atoms with Gasteiger partial charge in [0.15, 0.2) is 17.5 Å². The number of fused-ring (bicyclic) bond motifs is 13.